The largest absolute Gasteiger partial charge is 0.481 e. The van der Waals surface area contributed by atoms with Crippen molar-refractivity contribution >= 4 is 12.0 Å². The molecule has 6 nitrogen and oxygen atoms in total. The molecular weight excluding hydrogens is 272 g/mol. The van der Waals surface area contributed by atoms with E-state index < -0.39 is 11.4 Å². The van der Waals surface area contributed by atoms with Gasteiger partial charge in [-0.05, 0) is 31.6 Å². The molecule has 1 aliphatic heterocycles. The van der Waals surface area contributed by atoms with Crippen LogP contribution in [0.1, 0.15) is 44.9 Å². The number of urea groups is 1. The fourth-order valence-corrected chi connectivity index (χ4v) is 3.21. The van der Waals surface area contributed by atoms with Crippen molar-refractivity contribution in [1.29, 1.82) is 0 Å². The summed E-state index contributed by atoms with van der Waals surface area (Å²) in [5.74, 6) is -0.421. The number of amides is 2. The van der Waals surface area contributed by atoms with E-state index >= 15 is 0 Å². The first kappa shape index (κ1) is 16.1. The van der Waals surface area contributed by atoms with Crippen molar-refractivity contribution in [3.8, 4) is 0 Å². The van der Waals surface area contributed by atoms with Gasteiger partial charge in [-0.3, -0.25) is 4.79 Å². The number of aliphatic carboxylic acids is 1. The Bertz CT molecular complexity index is 361. The zero-order valence-electron chi connectivity index (χ0n) is 12.5. The maximum Gasteiger partial charge on any atom is 0.314 e. The predicted octanol–water partition coefficient (Wildman–Crippen LogP) is 1.75. The number of carbonyl (C=O) groups is 2. The van der Waals surface area contributed by atoms with Gasteiger partial charge in [0.15, 0.2) is 0 Å². The van der Waals surface area contributed by atoms with Gasteiger partial charge in [0, 0.05) is 19.7 Å². The van der Waals surface area contributed by atoms with Crippen molar-refractivity contribution in [2.24, 2.45) is 11.3 Å². The van der Waals surface area contributed by atoms with Gasteiger partial charge in [-0.2, -0.15) is 0 Å². The van der Waals surface area contributed by atoms with Crippen molar-refractivity contribution in [2.75, 3.05) is 26.3 Å². The minimum Gasteiger partial charge on any atom is -0.481 e. The normalized spacial score (nSPS) is 25.0. The first-order valence-corrected chi connectivity index (χ1v) is 7.95. The van der Waals surface area contributed by atoms with Crippen LogP contribution < -0.4 is 10.6 Å². The van der Waals surface area contributed by atoms with Crippen molar-refractivity contribution in [2.45, 2.75) is 44.9 Å². The molecule has 2 fully saturated rings. The lowest BCUT2D eigenvalue weighted by molar-refractivity contribution is -0.150. The molecule has 1 saturated carbocycles. The zero-order chi connectivity index (χ0) is 15.1. The van der Waals surface area contributed by atoms with Crippen LogP contribution in [0.2, 0.25) is 0 Å². The highest BCUT2D eigenvalue weighted by Gasteiger charge is 2.39. The van der Waals surface area contributed by atoms with Crippen LogP contribution in [0.15, 0.2) is 0 Å². The Morgan fingerprint density at radius 2 is 1.90 bits per heavy atom. The van der Waals surface area contributed by atoms with Crippen molar-refractivity contribution in [3.05, 3.63) is 0 Å². The van der Waals surface area contributed by atoms with Crippen molar-refractivity contribution in [1.82, 2.24) is 10.6 Å². The molecule has 1 saturated heterocycles. The Morgan fingerprint density at radius 1 is 1.14 bits per heavy atom. The van der Waals surface area contributed by atoms with Crippen LogP contribution in [-0.2, 0) is 9.53 Å². The zero-order valence-corrected chi connectivity index (χ0v) is 12.5. The van der Waals surface area contributed by atoms with Gasteiger partial charge in [0.05, 0.1) is 12.0 Å². The molecule has 2 aliphatic rings. The summed E-state index contributed by atoms with van der Waals surface area (Å²) >= 11 is 0. The molecule has 0 radical (unpaired) electrons. The summed E-state index contributed by atoms with van der Waals surface area (Å²) in [4.78, 5) is 23.3. The molecule has 2 amide bonds. The van der Waals surface area contributed by atoms with Gasteiger partial charge in [-0.25, -0.2) is 4.79 Å². The first-order chi connectivity index (χ1) is 10.1. The maximum atomic E-state index is 11.8. The predicted molar refractivity (Wildman–Crippen MR) is 78.1 cm³/mol. The molecular formula is C15H26N2O4. The number of carboxylic acid groups (broad SMARTS) is 1. The third-order valence-corrected chi connectivity index (χ3v) is 4.66. The summed E-state index contributed by atoms with van der Waals surface area (Å²) in [5, 5.41) is 15.0. The average Bonchev–Trinajstić information content (AvgIpc) is 2.52. The number of carbonyl (C=O) groups excluding carboxylic acids is 1. The molecule has 1 atom stereocenters. The maximum absolute atomic E-state index is 11.8. The third kappa shape index (κ3) is 4.59. The van der Waals surface area contributed by atoms with Gasteiger partial charge in [-0.15, -0.1) is 0 Å². The number of ether oxygens (including phenoxy) is 1. The summed E-state index contributed by atoms with van der Waals surface area (Å²) in [6.45, 7) is 2.31. The van der Waals surface area contributed by atoms with Gasteiger partial charge in [0.2, 0.25) is 0 Å². The second-order valence-corrected chi connectivity index (χ2v) is 6.29. The average molecular weight is 298 g/mol. The van der Waals surface area contributed by atoms with E-state index in [0.29, 0.717) is 31.9 Å². The SMILES string of the molecule is O=C(NCC1CCCOC1)NCC1(C(=O)O)CCCCC1. The molecule has 6 heteroatoms. The number of rotatable bonds is 5. The fourth-order valence-electron chi connectivity index (χ4n) is 3.21. The van der Waals surface area contributed by atoms with Crippen molar-refractivity contribution < 1.29 is 19.4 Å². The van der Waals surface area contributed by atoms with Gasteiger partial charge < -0.3 is 20.5 Å². The molecule has 2 rings (SSSR count). The van der Waals surface area contributed by atoms with Crippen LogP contribution in [0.5, 0.6) is 0 Å². The van der Waals surface area contributed by atoms with Crippen LogP contribution in [0.3, 0.4) is 0 Å². The first-order valence-electron chi connectivity index (χ1n) is 7.95. The molecule has 21 heavy (non-hydrogen) atoms. The minimum absolute atomic E-state index is 0.218. The second-order valence-electron chi connectivity index (χ2n) is 6.29. The molecule has 0 aromatic rings. The molecule has 0 bridgehead atoms. The molecule has 0 aromatic carbocycles. The van der Waals surface area contributed by atoms with E-state index in [1.54, 1.807) is 0 Å². The standard InChI is InChI=1S/C15H26N2O4/c18-13(19)15(6-2-1-3-7-15)11-17-14(20)16-9-12-5-4-8-21-10-12/h12H,1-11H2,(H,18,19)(H2,16,17,20). The Balaban J connectivity index is 1.72. The molecule has 120 valence electrons. The Kier molecular flexibility index (Phi) is 5.85. The minimum atomic E-state index is -0.789. The summed E-state index contributed by atoms with van der Waals surface area (Å²) in [6.07, 6.45) is 6.35. The van der Waals surface area contributed by atoms with Crippen LogP contribution in [0.4, 0.5) is 4.79 Å². The summed E-state index contributed by atoms with van der Waals surface area (Å²) in [5.41, 5.74) is -0.774. The number of carboxylic acids is 1. The van der Waals surface area contributed by atoms with Crippen molar-refractivity contribution in [3.63, 3.8) is 0 Å². The molecule has 3 N–H and O–H groups in total. The quantitative estimate of drug-likeness (QED) is 0.721. The Labute approximate surface area is 125 Å². The van der Waals surface area contributed by atoms with E-state index in [1.807, 2.05) is 0 Å². The molecule has 1 heterocycles. The van der Waals surface area contributed by atoms with E-state index in [4.69, 9.17) is 4.74 Å². The smallest absolute Gasteiger partial charge is 0.314 e. The van der Waals surface area contributed by atoms with Crippen LogP contribution in [0, 0.1) is 11.3 Å². The molecule has 1 aliphatic carbocycles. The van der Waals surface area contributed by atoms with E-state index in [-0.39, 0.29) is 12.6 Å². The highest BCUT2D eigenvalue weighted by molar-refractivity contribution is 5.78. The van der Waals surface area contributed by atoms with E-state index in [1.165, 1.54) is 0 Å². The monoisotopic (exact) mass is 298 g/mol. The van der Waals surface area contributed by atoms with Crippen LogP contribution in [-0.4, -0.2) is 43.4 Å². The highest BCUT2D eigenvalue weighted by atomic mass is 16.5. The van der Waals surface area contributed by atoms with Gasteiger partial charge in [-0.1, -0.05) is 19.3 Å². The number of hydrogen-bond acceptors (Lipinski definition) is 3. The lowest BCUT2D eigenvalue weighted by atomic mass is 9.74. The summed E-state index contributed by atoms with van der Waals surface area (Å²) in [7, 11) is 0. The molecule has 1 unspecified atom stereocenters. The topological polar surface area (TPSA) is 87.7 Å². The highest BCUT2D eigenvalue weighted by Crippen LogP contribution is 2.35. The number of hydrogen-bond donors (Lipinski definition) is 3. The number of nitrogens with one attached hydrogen (secondary N) is 2. The molecule has 0 aromatic heterocycles. The van der Waals surface area contributed by atoms with E-state index in [2.05, 4.69) is 10.6 Å². The van der Waals surface area contributed by atoms with Gasteiger partial charge in [0.25, 0.3) is 0 Å². The lowest BCUT2D eigenvalue weighted by Crippen LogP contribution is -2.48. The summed E-state index contributed by atoms with van der Waals surface area (Å²) in [6, 6.07) is -0.272. The lowest BCUT2D eigenvalue weighted by Gasteiger charge is -2.33. The van der Waals surface area contributed by atoms with Crippen LogP contribution >= 0.6 is 0 Å². The Hall–Kier alpha value is -1.30. The third-order valence-electron chi connectivity index (χ3n) is 4.66. The van der Waals surface area contributed by atoms with Crippen LogP contribution in [0.25, 0.3) is 0 Å². The summed E-state index contributed by atoms with van der Waals surface area (Å²) < 4.78 is 5.37. The fraction of sp³-hybridized carbons (Fsp3) is 0.867. The van der Waals surface area contributed by atoms with Gasteiger partial charge >= 0.3 is 12.0 Å². The van der Waals surface area contributed by atoms with E-state index in [9.17, 15) is 14.7 Å². The Morgan fingerprint density at radius 3 is 2.52 bits per heavy atom. The van der Waals surface area contributed by atoms with Gasteiger partial charge in [0.1, 0.15) is 0 Å². The second kappa shape index (κ2) is 7.64. The van der Waals surface area contributed by atoms with E-state index in [0.717, 1.165) is 38.7 Å². The molecule has 0 spiro atoms.